The highest BCUT2D eigenvalue weighted by Gasteiger charge is 2.40. The Morgan fingerprint density at radius 2 is 1.72 bits per heavy atom. The zero-order valence-corrected chi connectivity index (χ0v) is 25.1. The smallest absolute Gasteiger partial charge is 0.255 e. The lowest BCUT2D eigenvalue weighted by atomic mass is 9.85. The monoisotopic (exact) mass is 568 g/mol. The number of halogens is 1. The second-order valence-electron chi connectivity index (χ2n) is 11.6. The zero-order chi connectivity index (χ0) is 26.7. The van der Waals surface area contributed by atoms with Crippen molar-refractivity contribution in [3.05, 3.63) is 82.1 Å². The van der Waals surface area contributed by atoms with E-state index in [4.69, 9.17) is 9.16 Å². The molecular weight excluding hydrogens is 532 g/mol. The molecule has 5 nitrogen and oxygen atoms in total. The van der Waals surface area contributed by atoms with Crippen LogP contribution in [0.5, 0.6) is 11.5 Å². The van der Waals surface area contributed by atoms with Crippen molar-refractivity contribution < 1.29 is 14.0 Å². The van der Waals surface area contributed by atoms with Crippen LogP contribution in [0.2, 0.25) is 18.1 Å². The maximum atomic E-state index is 13.2. The van der Waals surface area contributed by atoms with Crippen LogP contribution >= 0.6 is 15.9 Å². The Hall–Kier alpha value is -2.64. The number of hydrogen-bond acceptors (Lipinski definition) is 4. The second kappa shape index (κ2) is 10.8. The number of carbonyl (C=O) groups is 1. The highest BCUT2D eigenvalue weighted by molar-refractivity contribution is 9.10. The minimum Gasteiger partial charge on any atom is -0.543 e. The Balaban J connectivity index is 1.78. The van der Waals surface area contributed by atoms with Crippen molar-refractivity contribution in [1.29, 1.82) is 0 Å². The summed E-state index contributed by atoms with van der Waals surface area (Å²) in [5, 5.41) is 3.09. The number of aromatic nitrogens is 1. The van der Waals surface area contributed by atoms with Gasteiger partial charge in [0.05, 0.1) is 0 Å². The number of rotatable bonds is 7. The summed E-state index contributed by atoms with van der Waals surface area (Å²) < 4.78 is 13.5. The summed E-state index contributed by atoms with van der Waals surface area (Å²) in [6, 6.07) is 15.1. The van der Waals surface area contributed by atoms with Gasteiger partial charge in [-0.2, -0.15) is 0 Å². The fraction of sp³-hybridized carbons (Fsp3) is 0.379. The minimum atomic E-state index is -2.02. The van der Waals surface area contributed by atoms with Crippen LogP contribution in [-0.4, -0.2) is 19.2 Å². The first kappa shape index (κ1) is 27.9. The van der Waals surface area contributed by atoms with Crippen molar-refractivity contribution in [3.8, 4) is 11.5 Å². The molecule has 0 saturated carbocycles. The largest absolute Gasteiger partial charge is 0.543 e. The van der Waals surface area contributed by atoms with E-state index in [2.05, 4.69) is 80.9 Å². The van der Waals surface area contributed by atoms with Crippen LogP contribution < -0.4 is 14.5 Å². The number of benzene rings is 2. The summed E-state index contributed by atoms with van der Waals surface area (Å²) >= 11 is 3.42. The van der Waals surface area contributed by atoms with Crippen LogP contribution in [0.4, 0.5) is 5.69 Å². The SMILES string of the molecule is CC(C)(C)c1cc(C(=O)Nc2cccc(OCc3cncc(Br)c3)c2)ccc1O[Si](C)(C)C(C)(C)C. The number of nitrogens with one attached hydrogen (secondary N) is 1. The van der Waals surface area contributed by atoms with E-state index in [-0.39, 0.29) is 16.4 Å². The van der Waals surface area contributed by atoms with Gasteiger partial charge in [-0.3, -0.25) is 9.78 Å². The quantitative estimate of drug-likeness (QED) is 0.291. The van der Waals surface area contributed by atoms with Crippen LogP contribution in [-0.2, 0) is 12.0 Å². The average Bonchev–Trinajstić information content (AvgIpc) is 2.76. The van der Waals surface area contributed by atoms with Crippen LogP contribution in [0.15, 0.2) is 65.4 Å². The summed E-state index contributed by atoms with van der Waals surface area (Å²) in [6.45, 7) is 18.0. The Morgan fingerprint density at radius 3 is 2.36 bits per heavy atom. The van der Waals surface area contributed by atoms with E-state index in [9.17, 15) is 4.79 Å². The molecule has 0 aliphatic rings. The number of ether oxygens (including phenoxy) is 1. The molecule has 0 atom stereocenters. The van der Waals surface area contributed by atoms with E-state index >= 15 is 0 Å². The molecule has 0 unspecified atom stereocenters. The molecule has 1 amide bonds. The Bertz CT molecular complexity index is 1230. The maximum absolute atomic E-state index is 13.2. The molecule has 0 radical (unpaired) electrons. The van der Waals surface area contributed by atoms with Gasteiger partial charge >= 0.3 is 0 Å². The maximum Gasteiger partial charge on any atom is 0.255 e. The van der Waals surface area contributed by atoms with Crippen LogP contribution in [0.25, 0.3) is 0 Å². The summed E-state index contributed by atoms with van der Waals surface area (Å²) in [5.41, 5.74) is 3.06. The highest BCUT2D eigenvalue weighted by atomic mass is 79.9. The number of hydrogen-bond donors (Lipinski definition) is 1. The fourth-order valence-electron chi connectivity index (χ4n) is 3.34. The predicted molar refractivity (Wildman–Crippen MR) is 154 cm³/mol. The molecule has 0 aliphatic carbocycles. The van der Waals surface area contributed by atoms with Crippen molar-refractivity contribution in [2.45, 2.75) is 71.7 Å². The average molecular weight is 570 g/mol. The molecule has 2 aromatic carbocycles. The van der Waals surface area contributed by atoms with E-state index < -0.39 is 8.32 Å². The van der Waals surface area contributed by atoms with Crippen LogP contribution in [0, 0.1) is 0 Å². The van der Waals surface area contributed by atoms with E-state index in [0.717, 1.165) is 21.3 Å². The first-order chi connectivity index (χ1) is 16.7. The van der Waals surface area contributed by atoms with Gasteiger partial charge in [-0.25, -0.2) is 0 Å². The molecule has 0 saturated heterocycles. The lowest BCUT2D eigenvalue weighted by Gasteiger charge is -2.38. The lowest BCUT2D eigenvalue weighted by Crippen LogP contribution is -2.44. The number of pyridine rings is 1. The van der Waals surface area contributed by atoms with E-state index in [0.29, 0.717) is 23.6 Å². The normalized spacial score (nSPS) is 12.2. The number of carbonyl (C=O) groups excluding carboxylic acids is 1. The molecule has 192 valence electrons. The first-order valence-electron chi connectivity index (χ1n) is 12.1. The molecule has 0 spiro atoms. The third-order valence-electron chi connectivity index (χ3n) is 6.48. The van der Waals surface area contributed by atoms with Gasteiger partial charge in [-0.15, -0.1) is 0 Å². The molecule has 1 aromatic heterocycles. The summed E-state index contributed by atoms with van der Waals surface area (Å²) in [6.07, 6.45) is 3.50. The molecule has 3 rings (SSSR count). The molecule has 1 heterocycles. The van der Waals surface area contributed by atoms with E-state index in [1.807, 2.05) is 48.5 Å². The third-order valence-corrected chi connectivity index (χ3v) is 11.3. The fourth-order valence-corrected chi connectivity index (χ4v) is 4.79. The molecule has 36 heavy (non-hydrogen) atoms. The van der Waals surface area contributed by atoms with Gasteiger partial charge in [-0.05, 0) is 81.4 Å². The van der Waals surface area contributed by atoms with Gasteiger partial charge in [0, 0.05) is 39.7 Å². The predicted octanol–water partition coefficient (Wildman–Crippen LogP) is 8.36. The molecule has 3 aromatic rings. The highest BCUT2D eigenvalue weighted by Crippen LogP contribution is 2.40. The summed E-state index contributed by atoms with van der Waals surface area (Å²) in [4.78, 5) is 17.3. The number of amides is 1. The Kier molecular flexibility index (Phi) is 8.36. The standard InChI is InChI=1S/C29H37BrN2O3Si/c1-28(2,3)25-15-21(12-13-26(25)35-36(7,8)29(4,5)6)27(33)32-23-10-9-11-24(16-23)34-19-20-14-22(30)18-31-17-20/h9-18H,19H2,1-8H3,(H,32,33). The van der Waals surface area contributed by atoms with Gasteiger partial charge in [0.15, 0.2) is 0 Å². The van der Waals surface area contributed by atoms with Crippen molar-refractivity contribution in [1.82, 2.24) is 4.98 Å². The zero-order valence-electron chi connectivity index (χ0n) is 22.5. The van der Waals surface area contributed by atoms with E-state index in [1.165, 1.54) is 0 Å². The van der Waals surface area contributed by atoms with Crippen molar-refractivity contribution in [3.63, 3.8) is 0 Å². The van der Waals surface area contributed by atoms with E-state index in [1.54, 1.807) is 12.4 Å². The lowest BCUT2D eigenvalue weighted by molar-refractivity contribution is 0.102. The minimum absolute atomic E-state index is 0.0822. The second-order valence-corrected chi connectivity index (χ2v) is 17.2. The van der Waals surface area contributed by atoms with Gasteiger partial charge in [0.25, 0.3) is 5.91 Å². The topological polar surface area (TPSA) is 60.5 Å². The number of nitrogens with zero attached hydrogens (tertiary/aromatic N) is 1. The molecular formula is C29H37BrN2O3Si. The Morgan fingerprint density at radius 1 is 1.00 bits per heavy atom. The summed E-state index contributed by atoms with van der Waals surface area (Å²) in [7, 11) is -2.02. The van der Waals surface area contributed by atoms with Crippen LogP contribution in [0.1, 0.15) is 63.0 Å². The van der Waals surface area contributed by atoms with Crippen molar-refractivity contribution >= 4 is 35.8 Å². The van der Waals surface area contributed by atoms with Crippen LogP contribution in [0.3, 0.4) is 0 Å². The molecule has 1 N–H and O–H groups in total. The first-order valence-corrected chi connectivity index (χ1v) is 15.8. The van der Waals surface area contributed by atoms with Gasteiger partial charge in [0.2, 0.25) is 8.32 Å². The van der Waals surface area contributed by atoms with Gasteiger partial charge in [0.1, 0.15) is 18.1 Å². The molecule has 7 heteroatoms. The van der Waals surface area contributed by atoms with Gasteiger partial charge in [-0.1, -0.05) is 47.6 Å². The Labute approximate surface area is 224 Å². The van der Waals surface area contributed by atoms with Crippen molar-refractivity contribution in [2.75, 3.05) is 5.32 Å². The van der Waals surface area contributed by atoms with Crippen molar-refractivity contribution in [2.24, 2.45) is 0 Å². The molecule has 0 aliphatic heterocycles. The molecule has 0 fully saturated rings. The van der Waals surface area contributed by atoms with Gasteiger partial charge < -0.3 is 14.5 Å². The number of anilines is 1. The third kappa shape index (κ3) is 7.20. The molecule has 0 bridgehead atoms. The summed E-state index contributed by atoms with van der Waals surface area (Å²) in [5.74, 6) is 1.36.